The summed E-state index contributed by atoms with van der Waals surface area (Å²) in [6.07, 6.45) is 5.44. The molecule has 8 nitrogen and oxygen atoms in total. The minimum Gasteiger partial charge on any atom is -0.480 e. The van der Waals surface area contributed by atoms with Crippen molar-refractivity contribution >= 4 is 29.5 Å². The molecule has 9 heteroatoms. The van der Waals surface area contributed by atoms with Crippen LogP contribution in [0.1, 0.15) is 38.4 Å². The fourth-order valence-corrected chi connectivity index (χ4v) is 3.78. The number of nitrogens with one attached hydrogen (secondary N) is 2. The molecular weight excluding hydrogens is 440 g/mol. The quantitative estimate of drug-likeness (QED) is 0.400. The third kappa shape index (κ3) is 6.95. The molecule has 3 aromatic rings. The molecular formula is C24H26N4O4S. The summed E-state index contributed by atoms with van der Waals surface area (Å²) in [7, 11) is 0. The van der Waals surface area contributed by atoms with Crippen molar-refractivity contribution in [3.63, 3.8) is 0 Å². The number of aromatic amines is 1. The lowest BCUT2D eigenvalue weighted by atomic mass is 10.1. The van der Waals surface area contributed by atoms with Gasteiger partial charge in [-0.25, -0.2) is 9.78 Å². The number of carboxylic acid groups (broad SMARTS) is 1. The van der Waals surface area contributed by atoms with E-state index in [4.69, 9.17) is 0 Å². The Morgan fingerprint density at radius 3 is 2.52 bits per heavy atom. The number of hydrogen-bond donors (Lipinski definition) is 3. The van der Waals surface area contributed by atoms with Crippen LogP contribution in [0, 0.1) is 0 Å². The highest BCUT2D eigenvalue weighted by atomic mass is 32.2. The maximum absolute atomic E-state index is 13.2. The smallest absolute Gasteiger partial charge is 0.326 e. The molecule has 1 aromatic heterocycles. The molecule has 0 unspecified atom stereocenters. The van der Waals surface area contributed by atoms with Gasteiger partial charge >= 0.3 is 5.97 Å². The van der Waals surface area contributed by atoms with E-state index in [0.717, 1.165) is 11.3 Å². The van der Waals surface area contributed by atoms with Crippen LogP contribution in [0.15, 0.2) is 67.1 Å². The van der Waals surface area contributed by atoms with Crippen LogP contribution in [-0.2, 0) is 17.9 Å². The van der Waals surface area contributed by atoms with Crippen LogP contribution in [0.3, 0.4) is 0 Å². The molecule has 1 heterocycles. The number of carbonyl (C=O) groups is 3. The minimum atomic E-state index is -1.06. The SMILES string of the molecule is CSCC[C@H](NC(=O)c1cccc(CN(Cc2cnc[nH]2)C(=O)c2ccccc2)c1)C(=O)O. The first-order chi connectivity index (χ1) is 16.0. The van der Waals surface area contributed by atoms with Crippen molar-refractivity contribution in [1.29, 1.82) is 0 Å². The molecule has 1 atom stereocenters. The Kier molecular flexibility index (Phi) is 8.65. The fourth-order valence-electron chi connectivity index (χ4n) is 3.31. The topological polar surface area (TPSA) is 115 Å². The van der Waals surface area contributed by atoms with Crippen LogP contribution in [0.5, 0.6) is 0 Å². The van der Waals surface area contributed by atoms with Gasteiger partial charge in [-0.1, -0.05) is 30.3 Å². The zero-order chi connectivity index (χ0) is 23.6. The number of thioether (sulfide) groups is 1. The van der Waals surface area contributed by atoms with Gasteiger partial charge < -0.3 is 20.3 Å². The minimum absolute atomic E-state index is 0.150. The number of nitrogens with zero attached hydrogens (tertiary/aromatic N) is 2. The number of carbonyl (C=O) groups excluding carboxylic acids is 2. The van der Waals surface area contributed by atoms with Crippen LogP contribution >= 0.6 is 11.8 Å². The van der Waals surface area contributed by atoms with Gasteiger partial charge in [-0.15, -0.1) is 0 Å². The predicted molar refractivity (Wildman–Crippen MR) is 127 cm³/mol. The van der Waals surface area contributed by atoms with Gasteiger partial charge in [0.15, 0.2) is 0 Å². The molecule has 172 valence electrons. The molecule has 2 amide bonds. The molecule has 2 aromatic carbocycles. The largest absolute Gasteiger partial charge is 0.480 e. The van der Waals surface area contributed by atoms with Crippen molar-refractivity contribution in [3.05, 3.63) is 89.5 Å². The summed E-state index contributed by atoms with van der Waals surface area (Å²) in [5.41, 5.74) is 2.44. The maximum Gasteiger partial charge on any atom is 0.326 e. The van der Waals surface area contributed by atoms with E-state index in [0.29, 0.717) is 29.8 Å². The molecule has 0 bridgehead atoms. The average molecular weight is 467 g/mol. The highest BCUT2D eigenvalue weighted by molar-refractivity contribution is 7.98. The second kappa shape index (κ2) is 11.9. The van der Waals surface area contributed by atoms with Crippen LogP contribution in [0.2, 0.25) is 0 Å². The van der Waals surface area contributed by atoms with E-state index in [1.165, 1.54) is 11.8 Å². The van der Waals surface area contributed by atoms with Gasteiger partial charge in [-0.3, -0.25) is 9.59 Å². The molecule has 0 aliphatic rings. The Morgan fingerprint density at radius 1 is 1.09 bits per heavy atom. The number of benzene rings is 2. The third-order valence-electron chi connectivity index (χ3n) is 5.00. The van der Waals surface area contributed by atoms with Crippen molar-refractivity contribution in [1.82, 2.24) is 20.2 Å². The zero-order valence-corrected chi connectivity index (χ0v) is 19.0. The van der Waals surface area contributed by atoms with Crippen molar-refractivity contribution in [3.8, 4) is 0 Å². The van der Waals surface area contributed by atoms with Crippen LogP contribution in [0.4, 0.5) is 0 Å². The third-order valence-corrected chi connectivity index (χ3v) is 5.64. The van der Waals surface area contributed by atoms with Crippen molar-refractivity contribution in [2.45, 2.75) is 25.6 Å². The number of carboxylic acids is 1. The summed E-state index contributed by atoms with van der Waals surface area (Å²) in [4.78, 5) is 46.0. The molecule has 33 heavy (non-hydrogen) atoms. The summed E-state index contributed by atoms with van der Waals surface area (Å²) in [5.74, 6) is -1.04. The Balaban J connectivity index is 1.78. The Bertz CT molecular complexity index is 1070. The van der Waals surface area contributed by atoms with Crippen LogP contribution in [-0.4, -0.2) is 55.8 Å². The molecule has 3 N–H and O–H groups in total. The van der Waals surface area contributed by atoms with Gasteiger partial charge in [0, 0.05) is 23.9 Å². The number of aliphatic carboxylic acids is 1. The lowest BCUT2D eigenvalue weighted by Gasteiger charge is -2.23. The second-order valence-corrected chi connectivity index (χ2v) is 8.44. The Labute approximate surface area is 196 Å². The molecule has 0 fully saturated rings. The first kappa shape index (κ1) is 24.1. The van der Waals surface area contributed by atoms with Gasteiger partial charge in [0.25, 0.3) is 11.8 Å². The van der Waals surface area contributed by atoms with Crippen LogP contribution in [0.25, 0.3) is 0 Å². The number of amides is 2. The lowest BCUT2D eigenvalue weighted by molar-refractivity contribution is -0.139. The summed E-state index contributed by atoms with van der Waals surface area (Å²) in [6, 6.07) is 14.9. The predicted octanol–water partition coefficient (Wildman–Crippen LogP) is 3.19. The number of imidazole rings is 1. The molecule has 3 rings (SSSR count). The molecule has 0 aliphatic heterocycles. The van der Waals surface area contributed by atoms with E-state index in [1.807, 2.05) is 30.5 Å². The highest BCUT2D eigenvalue weighted by Gasteiger charge is 2.21. The van der Waals surface area contributed by atoms with Gasteiger partial charge in [-0.05, 0) is 48.3 Å². The van der Waals surface area contributed by atoms with Gasteiger partial charge in [0.05, 0.1) is 18.6 Å². The molecule has 0 aliphatic carbocycles. The second-order valence-electron chi connectivity index (χ2n) is 7.45. The van der Waals surface area contributed by atoms with E-state index in [1.54, 1.807) is 47.8 Å². The van der Waals surface area contributed by atoms with E-state index in [9.17, 15) is 19.5 Å². The summed E-state index contributed by atoms with van der Waals surface area (Å²) < 4.78 is 0. The highest BCUT2D eigenvalue weighted by Crippen LogP contribution is 2.15. The summed E-state index contributed by atoms with van der Waals surface area (Å²) >= 11 is 1.52. The summed E-state index contributed by atoms with van der Waals surface area (Å²) in [6.45, 7) is 0.586. The van der Waals surface area contributed by atoms with Crippen molar-refractivity contribution in [2.75, 3.05) is 12.0 Å². The zero-order valence-electron chi connectivity index (χ0n) is 18.2. The van der Waals surface area contributed by atoms with E-state index in [2.05, 4.69) is 15.3 Å². The van der Waals surface area contributed by atoms with Crippen molar-refractivity contribution < 1.29 is 19.5 Å². The standard InChI is InChI=1S/C24H26N4O4S/c1-33-11-10-21(24(31)32)27-22(29)19-9-5-6-17(12-19)14-28(15-20-13-25-16-26-20)23(30)18-7-3-2-4-8-18/h2-9,12-13,16,21H,10-11,14-15H2,1H3,(H,25,26)(H,27,29)(H,31,32)/t21-/m0/s1. The number of H-pyrrole nitrogens is 1. The van der Waals surface area contributed by atoms with E-state index >= 15 is 0 Å². The first-order valence-corrected chi connectivity index (χ1v) is 11.8. The van der Waals surface area contributed by atoms with Gasteiger partial charge in [-0.2, -0.15) is 11.8 Å². The van der Waals surface area contributed by atoms with Gasteiger partial charge in [0.2, 0.25) is 0 Å². The lowest BCUT2D eigenvalue weighted by Crippen LogP contribution is -2.41. The molecule has 0 spiro atoms. The maximum atomic E-state index is 13.2. The van der Waals surface area contributed by atoms with Crippen LogP contribution < -0.4 is 5.32 Å². The average Bonchev–Trinajstić information content (AvgIpc) is 3.34. The summed E-state index contributed by atoms with van der Waals surface area (Å²) in [5, 5.41) is 12.0. The normalized spacial score (nSPS) is 11.5. The number of hydrogen-bond acceptors (Lipinski definition) is 5. The number of aromatic nitrogens is 2. The monoisotopic (exact) mass is 466 g/mol. The Morgan fingerprint density at radius 2 is 1.85 bits per heavy atom. The van der Waals surface area contributed by atoms with Gasteiger partial charge in [0.1, 0.15) is 6.04 Å². The van der Waals surface area contributed by atoms with E-state index < -0.39 is 17.9 Å². The van der Waals surface area contributed by atoms with Crippen molar-refractivity contribution in [2.24, 2.45) is 0 Å². The Hall–Kier alpha value is -3.59. The molecule has 0 saturated carbocycles. The molecule has 0 saturated heterocycles. The van der Waals surface area contributed by atoms with E-state index in [-0.39, 0.29) is 12.5 Å². The first-order valence-electron chi connectivity index (χ1n) is 10.4. The molecule has 0 radical (unpaired) electrons. The fraction of sp³-hybridized carbons (Fsp3) is 0.250. The number of rotatable bonds is 11.